The molecular weight excluding hydrogens is 232 g/mol. The second-order valence-corrected chi connectivity index (χ2v) is 4.82. The van der Waals surface area contributed by atoms with Crippen molar-refractivity contribution in [2.75, 3.05) is 13.0 Å². The highest BCUT2D eigenvalue weighted by molar-refractivity contribution is 6.17. The lowest BCUT2D eigenvalue weighted by Crippen LogP contribution is -2.00. The average molecular weight is 251 g/mol. The molecule has 0 unspecified atom stereocenters. The molecule has 2 rings (SSSR count). The molecule has 0 aromatic heterocycles. The molecule has 0 heterocycles. The maximum atomic E-state index is 5.73. The van der Waals surface area contributed by atoms with Crippen molar-refractivity contribution >= 4 is 17.2 Å². The van der Waals surface area contributed by atoms with E-state index >= 15 is 0 Å². The summed E-state index contributed by atoms with van der Waals surface area (Å²) in [4.78, 5) is 0. The van der Waals surface area contributed by atoms with E-state index in [1.165, 1.54) is 23.1 Å². The van der Waals surface area contributed by atoms with Gasteiger partial charge < -0.3 is 4.74 Å². The summed E-state index contributed by atoms with van der Waals surface area (Å²) >= 11 is 5.73. The Morgan fingerprint density at radius 3 is 2.94 bits per heavy atom. The van der Waals surface area contributed by atoms with Crippen molar-refractivity contribution in [3.8, 4) is 5.75 Å². The van der Waals surface area contributed by atoms with Gasteiger partial charge in [0, 0.05) is 5.88 Å². The molecule has 2 heteroatoms. The molecule has 92 valence electrons. The van der Waals surface area contributed by atoms with Crippen LogP contribution in [0.3, 0.4) is 0 Å². The largest absolute Gasteiger partial charge is 0.497 e. The first kappa shape index (κ1) is 12.5. The lowest BCUT2D eigenvalue weighted by Gasteiger charge is -2.18. The Morgan fingerprint density at radius 2 is 2.18 bits per heavy atom. The van der Waals surface area contributed by atoms with E-state index in [9.17, 15) is 0 Å². The maximum Gasteiger partial charge on any atom is 0.119 e. The molecule has 1 nitrogen and oxygen atoms in total. The molecule has 0 atom stereocenters. The van der Waals surface area contributed by atoms with Crippen LogP contribution >= 0.6 is 11.6 Å². The minimum absolute atomic E-state index is 0.762. The topological polar surface area (TPSA) is 9.23 Å². The predicted molar refractivity (Wildman–Crippen MR) is 73.9 cm³/mol. The van der Waals surface area contributed by atoms with E-state index < -0.39 is 0 Å². The minimum Gasteiger partial charge on any atom is -0.497 e. The smallest absolute Gasteiger partial charge is 0.119 e. The Bertz CT molecular complexity index is 409. The van der Waals surface area contributed by atoms with Crippen LogP contribution < -0.4 is 4.74 Å². The third-order valence-corrected chi connectivity index (χ3v) is 3.56. The Morgan fingerprint density at radius 1 is 1.29 bits per heavy atom. The summed E-state index contributed by atoms with van der Waals surface area (Å²) in [7, 11) is 1.72. The number of hydrogen-bond acceptors (Lipinski definition) is 1. The van der Waals surface area contributed by atoms with E-state index in [1.807, 2.05) is 0 Å². The molecule has 1 aliphatic rings. The number of alkyl halides is 1. The molecule has 1 aliphatic carbocycles. The first-order valence-corrected chi connectivity index (χ1v) is 6.81. The Kier molecular flexibility index (Phi) is 4.49. The first-order chi connectivity index (χ1) is 8.35. The van der Waals surface area contributed by atoms with Gasteiger partial charge in [-0.15, -0.1) is 11.6 Å². The first-order valence-electron chi connectivity index (χ1n) is 6.27. The van der Waals surface area contributed by atoms with Crippen molar-refractivity contribution in [2.24, 2.45) is 0 Å². The zero-order valence-corrected chi connectivity index (χ0v) is 11.1. The van der Waals surface area contributed by atoms with Crippen molar-refractivity contribution in [2.45, 2.75) is 32.1 Å². The Hall–Kier alpha value is -0.950. The van der Waals surface area contributed by atoms with Crippen LogP contribution in [-0.2, 0) is 6.42 Å². The normalized spacial score (nSPS) is 14.1. The number of hydrogen-bond donors (Lipinski definition) is 0. The van der Waals surface area contributed by atoms with Gasteiger partial charge in [-0.25, -0.2) is 0 Å². The van der Waals surface area contributed by atoms with E-state index in [0.717, 1.165) is 37.3 Å². The number of unbranched alkanes of at least 4 members (excludes halogenated alkanes) is 1. The second-order valence-electron chi connectivity index (χ2n) is 4.44. The Labute approximate surface area is 108 Å². The molecule has 0 saturated heterocycles. The summed E-state index contributed by atoms with van der Waals surface area (Å²) in [5, 5.41) is 0. The van der Waals surface area contributed by atoms with Crippen LogP contribution in [0.4, 0.5) is 0 Å². The fourth-order valence-electron chi connectivity index (χ4n) is 2.36. The molecule has 1 aromatic rings. The molecule has 0 spiro atoms. The number of methoxy groups -OCH3 is 1. The summed E-state index contributed by atoms with van der Waals surface area (Å²) in [5.74, 6) is 1.71. The molecule has 17 heavy (non-hydrogen) atoms. The van der Waals surface area contributed by atoms with Gasteiger partial charge in [0.25, 0.3) is 0 Å². The number of halogens is 1. The summed E-state index contributed by atoms with van der Waals surface area (Å²) < 4.78 is 5.31. The third kappa shape index (κ3) is 3.04. The van der Waals surface area contributed by atoms with Crippen molar-refractivity contribution in [1.82, 2.24) is 0 Å². The van der Waals surface area contributed by atoms with Crippen molar-refractivity contribution in [3.63, 3.8) is 0 Å². The number of ether oxygens (including phenoxy) is 1. The predicted octanol–water partition coefficient (Wildman–Crippen LogP) is 4.43. The highest BCUT2D eigenvalue weighted by atomic mass is 35.5. The van der Waals surface area contributed by atoms with Gasteiger partial charge in [0.1, 0.15) is 5.75 Å². The van der Waals surface area contributed by atoms with Crippen LogP contribution in [0.25, 0.3) is 5.57 Å². The van der Waals surface area contributed by atoms with Crippen LogP contribution in [0.15, 0.2) is 24.3 Å². The summed E-state index contributed by atoms with van der Waals surface area (Å²) in [5.41, 5.74) is 4.30. The summed E-state index contributed by atoms with van der Waals surface area (Å²) in [6.45, 7) is 0. The van der Waals surface area contributed by atoms with Gasteiger partial charge >= 0.3 is 0 Å². The summed E-state index contributed by atoms with van der Waals surface area (Å²) in [6.07, 6.45) is 8.08. The number of allylic oxidation sites excluding steroid dienone is 2. The molecule has 0 aliphatic heterocycles. The van der Waals surface area contributed by atoms with E-state index in [1.54, 1.807) is 7.11 Å². The third-order valence-electron chi connectivity index (χ3n) is 3.30. The molecule has 0 amide bonds. The van der Waals surface area contributed by atoms with E-state index in [-0.39, 0.29) is 0 Å². The molecular formula is C15H19ClO. The van der Waals surface area contributed by atoms with Crippen LogP contribution in [0.5, 0.6) is 5.75 Å². The molecule has 0 saturated carbocycles. The van der Waals surface area contributed by atoms with Gasteiger partial charge in [-0.3, -0.25) is 0 Å². The van der Waals surface area contributed by atoms with Crippen molar-refractivity contribution in [3.05, 3.63) is 35.4 Å². The van der Waals surface area contributed by atoms with Crippen LogP contribution in [-0.4, -0.2) is 13.0 Å². The van der Waals surface area contributed by atoms with E-state index in [4.69, 9.17) is 16.3 Å². The van der Waals surface area contributed by atoms with E-state index in [0.29, 0.717) is 0 Å². The fourth-order valence-corrected chi connectivity index (χ4v) is 2.55. The van der Waals surface area contributed by atoms with Gasteiger partial charge in [0.05, 0.1) is 7.11 Å². The SMILES string of the molecule is COc1ccc2c(c1)C(CCCCCl)=CCC2. The zero-order valence-electron chi connectivity index (χ0n) is 10.3. The molecule has 1 aromatic carbocycles. The molecule has 0 fully saturated rings. The highest BCUT2D eigenvalue weighted by Gasteiger charge is 2.12. The number of aryl methyl sites for hydroxylation is 1. The maximum absolute atomic E-state index is 5.73. The summed E-state index contributed by atoms with van der Waals surface area (Å²) in [6, 6.07) is 6.42. The zero-order chi connectivity index (χ0) is 12.1. The standard InChI is InChI=1S/C15H19ClO/c1-17-14-9-8-13-7-4-6-12(15(13)11-14)5-2-3-10-16/h6,8-9,11H,2-5,7,10H2,1H3. The van der Waals surface area contributed by atoms with Crippen LogP contribution in [0, 0.1) is 0 Å². The second kappa shape index (κ2) is 6.11. The van der Waals surface area contributed by atoms with Gasteiger partial charge in [-0.2, -0.15) is 0 Å². The van der Waals surface area contributed by atoms with Gasteiger partial charge in [-0.05, 0) is 60.9 Å². The minimum atomic E-state index is 0.762. The Balaban J connectivity index is 2.17. The number of rotatable bonds is 5. The van der Waals surface area contributed by atoms with Gasteiger partial charge in [0.15, 0.2) is 0 Å². The monoisotopic (exact) mass is 250 g/mol. The quantitative estimate of drug-likeness (QED) is 0.555. The van der Waals surface area contributed by atoms with Gasteiger partial charge in [0.2, 0.25) is 0 Å². The molecule has 0 radical (unpaired) electrons. The van der Waals surface area contributed by atoms with Gasteiger partial charge in [-0.1, -0.05) is 12.1 Å². The van der Waals surface area contributed by atoms with Crippen molar-refractivity contribution in [1.29, 1.82) is 0 Å². The number of fused-ring (bicyclic) bond motifs is 1. The van der Waals surface area contributed by atoms with Crippen LogP contribution in [0.1, 0.15) is 36.8 Å². The average Bonchev–Trinajstić information content (AvgIpc) is 2.39. The van der Waals surface area contributed by atoms with Crippen molar-refractivity contribution < 1.29 is 4.74 Å². The van der Waals surface area contributed by atoms with Crippen LogP contribution in [0.2, 0.25) is 0 Å². The lowest BCUT2D eigenvalue weighted by molar-refractivity contribution is 0.414. The lowest BCUT2D eigenvalue weighted by atomic mass is 9.88. The number of benzene rings is 1. The molecule has 0 N–H and O–H groups in total. The fraction of sp³-hybridized carbons (Fsp3) is 0.467. The molecule has 0 bridgehead atoms. The van der Waals surface area contributed by atoms with E-state index in [2.05, 4.69) is 24.3 Å². The highest BCUT2D eigenvalue weighted by Crippen LogP contribution is 2.32.